The van der Waals surface area contributed by atoms with E-state index in [0.29, 0.717) is 12.2 Å². The quantitative estimate of drug-likeness (QED) is 0.451. The molecule has 2 nitrogen and oxygen atoms in total. The number of piperidine rings is 1. The Morgan fingerprint density at radius 1 is 1.30 bits per heavy atom. The molecule has 3 fully saturated rings. The summed E-state index contributed by atoms with van der Waals surface area (Å²) in [6, 6.07) is 1.45. The highest BCUT2D eigenvalue weighted by Crippen LogP contribution is 2.46. The van der Waals surface area contributed by atoms with Gasteiger partial charge in [-0.2, -0.15) is 0 Å². The molecule has 3 saturated heterocycles. The lowest BCUT2D eigenvalue weighted by Gasteiger charge is -2.33. The summed E-state index contributed by atoms with van der Waals surface area (Å²) in [6.45, 7) is 0. The van der Waals surface area contributed by atoms with Gasteiger partial charge >= 0.3 is 0 Å². The molecule has 1 radical (unpaired) electrons. The third-order valence-corrected chi connectivity index (χ3v) is 3.18. The van der Waals surface area contributed by atoms with Crippen LogP contribution in [0.3, 0.4) is 0 Å². The molecule has 0 aromatic heterocycles. The number of rotatable bonds is 0. The van der Waals surface area contributed by atoms with Crippen molar-refractivity contribution in [3.63, 3.8) is 0 Å². The molecule has 0 saturated carbocycles. The van der Waals surface area contributed by atoms with Gasteiger partial charge in [-0.15, -0.1) is 0 Å². The highest BCUT2D eigenvalue weighted by atomic mass is 16.6. The molecule has 0 aromatic carbocycles. The zero-order valence-electron chi connectivity index (χ0n) is 6.16. The lowest BCUT2D eigenvalue weighted by Crippen LogP contribution is -2.41. The van der Waals surface area contributed by atoms with Gasteiger partial charge in [0.1, 0.15) is 12.2 Å². The average molecular weight is 138 g/mol. The fourth-order valence-corrected chi connectivity index (χ4v) is 2.50. The molecule has 10 heavy (non-hydrogen) atoms. The van der Waals surface area contributed by atoms with E-state index in [1.165, 1.54) is 12.8 Å². The fourth-order valence-electron chi connectivity index (χ4n) is 2.50. The Morgan fingerprint density at radius 3 is 2.40 bits per heavy atom. The average Bonchev–Trinajstić information content (AvgIpc) is 2.59. The fraction of sp³-hybridized carbons (Fsp3) is 0.875. The summed E-state index contributed by atoms with van der Waals surface area (Å²) < 4.78 is 5.53. The maximum absolute atomic E-state index is 5.53. The third-order valence-electron chi connectivity index (χ3n) is 3.18. The Labute approximate surface area is 61.1 Å². The maximum Gasteiger partial charge on any atom is 0.101 e. The molecule has 55 valence electrons. The molecular weight excluding hydrogens is 126 g/mol. The van der Waals surface area contributed by atoms with Crippen molar-refractivity contribution in [1.29, 1.82) is 0 Å². The normalized spacial score (nSPS) is 58.5. The molecule has 3 aliphatic heterocycles. The van der Waals surface area contributed by atoms with E-state index in [1.54, 1.807) is 0 Å². The maximum atomic E-state index is 5.53. The van der Waals surface area contributed by atoms with Crippen LogP contribution in [0.1, 0.15) is 12.8 Å². The summed E-state index contributed by atoms with van der Waals surface area (Å²) in [7, 11) is 2.23. The van der Waals surface area contributed by atoms with Gasteiger partial charge in [-0.3, -0.25) is 4.90 Å². The summed E-state index contributed by atoms with van der Waals surface area (Å²) in [5.41, 5.74) is 0. The first kappa shape index (κ1) is 5.56. The highest BCUT2D eigenvalue weighted by Gasteiger charge is 2.60. The second-order valence-electron chi connectivity index (χ2n) is 3.63. The van der Waals surface area contributed by atoms with Crippen molar-refractivity contribution >= 4 is 0 Å². The van der Waals surface area contributed by atoms with Crippen molar-refractivity contribution in [3.05, 3.63) is 6.42 Å². The molecule has 0 N–H and O–H groups in total. The molecule has 0 aromatic rings. The van der Waals surface area contributed by atoms with Gasteiger partial charge in [0.2, 0.25) is 0 Å². The Kier molecular flexibility index (Phi) is 0.868. The molecule has 3 heterocycles. The zero-order chi connectivity index (χ0) is 6.72. The molecule has 2 heteroatoms. The summed E-state index contributed by atoms with van der Waals surface area (Å²) in [5, 5.41) is 0. The van der Waals surface area contributed by atoms with E-state index in [-0.39, 0.29) is 0 Å². The predicted molar refractivity (Wildman–Crippen MR) is 37.5 cm³/mol. The van der Waals surface area contributed by atoms with Crippen molar-refractivity contribution in [2.24, 2.45) is 0 Å². The number of fused-ring (bicyclic) bond motifs is 5. The largest absolute Gasteiger partial charge is 0.366 e. The summed E-state index contributed by atoms with van der Waals surface area (Å²) in [6.07, 6.45) is 6.12. The lowest BCUT2D eigenvalue weighted by atomic mass is 10.0. The van der Waals surface area contributed by atoms with Crippen LogP contribution in [-0.4, -0.2) is 36.2 Å². The van der Waals surface area contributed by atoms with Crippen LogP contribution in [0.4, 0.5) is 0 Å². The Morgan fingerprint density at radius 2 is 1.90 bits per heavy atom. The Hall–Kier alpha value is -0.0800. The van der Waals surface area contributed by atoms with Crippen LogP contribution < -0.4 is 0 Å². The Balaban J connectivity index is 1.94. The molecule has 2 bridgehead atoms. The minimum atomic E-state index is 0.605. The third kappa shape index (κ3) is 0.487. The van der Waals surface area contributed by atoms with Crippen LogP contribution in [0.2, 0.25) is 0 Å². The van der Waals surface area contributed by atoms with Crippen LogP contribution in [0.15, 0.2) is 0 Å². The van der Waals surface area contributed by atoms with Crippen molar-refractivity contribution in [1.82, 2.24) is 4.90 Å². The summed E-state index contributed by atoms with van der Waals surface area (Å²) >= 11 is 0. The summed E-state index contributed by atoms with van der Waals surface area (Å²) in [4.78, 5) is 2.50. The van der Waals surface area contributed by atoms with Crippen molar-refractivity contribution in [3.8, 4) is 0 Å². The predicted octanol–water partition coefficient (Wildman–Crippen LogP) is 0.434. The van der Waals surface area contributed by atoms with Crippen LogP contribution in [0.5, 0.6) is 0 Å². The van der Waals surface area contributed by atoms with E-state index in [0.717, 1.165) is 12.1 Å². The first-order valence-corrected chi connectivity index (χ1v) is 4.07. The first-order valence-electron chi connectivity index (χ1n) is 4.07. The van der Waals surface area contributed by atoms with Gasteiger partial charge in [-0.1, -0.05) is 0 Å². The minimum Gasteiger partial charge on any atom is -0.366 e. The molecule has 0 spiro atoms. The van der Waals surface area contributed by atoms with Gasteiger partial charge in [-0.05, 0) is 26.3 Å². The number of nitrogens with zero attached hydrogens (tertiary/aromatic N) is 1. The lowest BCUT2D eigenvalue weighted by molar-refractivity contribution is 0.0936. The second kappa shape index (κ2) is 1.56. The number of morpholine rings is 1. The number of ether oxygens (including phenoxy) is 1. The number of likely N-dealkylation sites (N-methyl/N-ethyl adjacent to an activating group) is 1. The van der Waals surface area contributed by atoms with E-state index in [1.807, 2.05) is 0 Å². The van der Waals surface area contributed by atoms with E-state index >= 15 is 0 Å². The summed E-state index contributed by atoms with van der Waals surface area (Å²) in [5.74, 6) is 0. The molecule has 0 unspecified atom stereocenters. The van der Waals surface area contributed by atoms with Gasteiger partial charge in [-0.25, -0.2) is 0 Å². The molecule has 0 amide bonds. The zero-order valence-corrected chi connectivity index (χ0v) is 6.16. The first-order chi connectivity index (χ1) is 4.88. The monoisotopic (exact) mass is 138 g/mol. The second-order valence-corrected chi connectivity index (χ2v) is 3.63. The minimum absolute atomic E-state index is 0.605. The van der Waals surface area contributed by atoms with E-state index in [2.05, 4.69) is 18.4 Å². The van der Waals surface area contributed by atoms with Crippen LogP contribution in [0, 0.1) is 6.42 Å². The molecular formula is C8H12NO. The van der Waals surface area contributed by atoms with E-state index < -0.39 is 0 Å². The topological polar surface area (TPSA) is 15.8 Å². The van der Waals surface area contributed by atoms with Gasteiger partial charge in [0.05, 0.1) is 0 Å². The highest BCUT2D eigenvalue weighted by molar-refractivity contribution is 5.15. The molecule has 3 aliphatic rings. The van der Waals surface area contributed by atoms with Gasteiger partial charge in [0, 0.05) is 12.1 Å². The number of hydrogen-bond acceptors (Lipinski definition) is 2. The SMILES string of the molecule is CN1[C@@H]2C[CH]C[C@H]1[C@@H]1O[C@@H]12. The van der Waals surface area contributed by atoms with Crippen molar-refractivity contribution < 1.29 is 4.74 Å². The van der Waals surface area contributed by atoms with Crippen LogP contribution >= 0.6 is 0 Å². The van der Waals surface area contributed by atoms with Crippen LogP contribution in [-0.2, 0) is 4.74 Å². The van der Waals surface area contributed by atoms with Gasteiger partial charge < -0.3 is 4.74 Å². The molecule has 4 atom stereocenters. The van der Waals surface area contributed by atoms with Crippen molar-refractivity contribution in [2.75, 3.05) is 7.05 Å². The number of hydrogen-bond donors (Lipinski definition) is 0. The van der Waals surface area contributed by atoms with E-state index in [4.69, 9.17) is 4.74 Å². The van der Waals surface area contributed by atoms with Crippen LogP contribution in [0.25, 0.3) is 0 Å². The molecule has 0 aliphatic carbocycles. The van der Waals surface area contributed by atoms with Crippen molar-refractivity contribution in [2.45, 2.75) is 37.1 Å². The van der Waals surface area contributed by atoms with Gasteiger partial charge in [0.25, 0.3) is 0 Å². The Bertz CT molecular complexity index is 155. The molecule has 3 rings (SSSR count). The smallest absolute Gasteiger partial charge is 0.101 e. The van der Waals surface area contributed by atoms with E-state index in [9.17, 15) is 0 Å². The number of epoxide rings is 1. The van der Waals surface area contributed by atoms with Gasteiger partial charge in [0.15, 0.2) is 0 Å². The standard InChI is InChI=1S/C8H12NO/c1-9-5-3-2-4-6(9)8-7(5)10-8/h2,5-8H,3-4H2,1H3/t5-,6+,7-,8+.